The van der Waals surface area contributed by atoms with Crippen molar-refractivity contribution in [3.05, 3.63) is 0 Å². The van der Waals surface area contributed by atoms with Crippen molar-refractivity contribution in [2.45, 2.75) is 32.3 Å². The minimum absolute atomic E-state index is 0.213. The molecule has 0 saturated carbocycles. The average molecular weight is 211 g/mol. The smallest absolute Gasteiger partial charge is 0.196 e. The number of β-amino-alcohol motifs (C(OH)–C–C–N with tert-alkyl or cyclic N) is 1. The zero-order valence-electron chi connectivity index (χ0n) is 9.52. The number of hydrogen-bond donors (Lipinski definition) is 1. The van der Waals surface area contributed by atoms with Crippen molar-refractivity contribution in [1.29, 1.82) is 0 Å². The molecule has 4 nitrogen and oxygen atoms in total. The summed E-state index contributed by atoms with van der Waals surface area (Å²) in [5.74, 6) is 1.12. The molecular formula is C11H21N3O. The van der Waals surface area contributed by atoms with Crippen LogP contribution in [0.4, 0.5) is 0 Å². The van der Waals surface area contributed by atoms with Gasteiger partial charge in [0.1, 0.15) is 0 Å². The molecule has 1 unspecified atom stereocenters. The van der Waals surface area contributed by atoms with E-state index in [1.807, 2.05) is 6.92 Å². The minimum Gasteiger partial charge on any atom is -0.391 e. The Labute approximate surface area is 91.6 Å². The fraction of sp³-hybridized carbons (Fsp3) is 0.909. The lowest BCUT2D eigenvalue weighted by Gasteiger charge is -2.41. The molecule has 1 atom stereocenters. The highest BCUT2D eigenvalue weighted by Gasteiger charge is 2.26. The molecule has 2 aliphatic heterocycles. The maximum Gasteiger partial charge on any atom is 0.196 e. The molecule has 2 rings (SSSR count). The van der Waals surface area contributed by atoms with Crippen LogP contribution >= 0.6 is 0 Å². The number of rotatable bonds is 3. The Bertz CT molecular complexity index is 242. The largest absolute Gasteiger partial charge is 0.391 e. The van der Waals surface area contributed by atoms with Crippen molar-refractivity contribution >= 4 is 5.96 Å². The maximum atomic E-state index is 9.69. The van der Waals surface area contributed by atoms with Gasteiger partial charge in [-0.05, 0) is 19.3 Å². The predicted molar refractivity (Wildman–Crippen MR) is 61.0 cm³/mol. The highest BCUT2D eigenvalue weighted by Crippen LogP contribution is 2.14. The second kappa shape index (κ2) is 4.84. The van der Waals surface area contributed by atoms with Gasteiger partial charge in [0.25, 0.3) is 0 Å². The third-order valence-electron chi connectivity index (χ3n) is 3.16. The van der Waals surface area contributed by atoms with E-state index in [1.165, 1.54) is 12.8 Å². The molecule has 1 N–H and O–H groups in total. The van der Waals surface area contributed by atoms with Crippen molar-refractivity contribution in [2.75, 3.05) is 32.7 Å². The van der Waals surface area contributed by atoms with Crippen molar-refractivity contribution in [1.82, 2.24) is 9.80 Å². The fourth-order valence-corrected chi connectivity index (χ4v) is 2.26. The number of hydrogen-bond acceptors (Lipinski definition) is 4. The van der Waals surface area contributed by atoms with Gasteiger partial charge in [0.15, 0.2) is 5.96 Å². The van der Waals surface area contributed by atoms with Crippen LogP contribution in [-0.4, -0.2) is 59.7 Å². The third-order valence-corrected chi connectivity index (χ3v) is 3.16. The summed E-state index contributed by atoms with van der Waals surface area (Å²) in [5.41, 5.74) is 0. The topological polar surface area (TPSA) is 39.1 Å². The molecule has 0 radical (unpaired) electrons. The second-order valence-electron chi connectivity index (χ2n) is 4.38. The Morgan fingerprint density at radius 3 is 2.93 bits per heavy atom. The van der Waals surface area contributed by atoms with Crippen LogP contribution in [0.2, 0.25) is 0 Å². The van der Waals surface area contributed by atoms with E-state index in [0.29, 0.717) is 0 Å². The van der Waals surface area contributed by atoms with E-state index in [0.717, 1.165) is 45.1 Å². The standard InChI is InChI=1S/C11H21N3O/c1-2-10(15)9-14-8-4-7-13-6-3-5-12-11(13)14/h10,15H,2-9H2,1H3. The van der Waals surface area contributed by atoms with Crippen LogP contribution in [0.3, 0.4) is 0 Å². The number of aliphatic imine (C=N–C) groups is 1. The summed E-state index contributed by atoms with van der Waals surface area (Å²) >= 11 is 0. The zero-order chi connectivity index (χ0) is 10.7. The molecular weight excluding hydrogens is 190 g/mol. The monoisotopic (exact) mass is 211 g/mol. The molecule has 2 aliphatic rings. The molecule has 0 spiro atoms. The lowest BCUT2D eigenvalue weighted by molar-refractivity contribution is 0.120. The molecule has 15 heavy (non-hydrogen) atoms. The molecule has 0 aromatic rings. The Morgan fingerprint density at radius 1 is 1.33 bits per heavy atom. The first kappa shape index (κ1) is 10.7. The molecule has 0 bridgehead atoms. The van der Waals surface area contributed by atoms with Gasteiger partial charge in [0.05, 0.1) is 6.10 Å². The zero-order valence-corrected chi connectivity index (χ0v) is 9.52. The Morgan fingerprint density at radius 2 is 2.13 bits per heavy atom. The van der Waals surface area contributed by atoms with E-state index in [1.54, 1.807) is 0 Å². The summed E-state index contributed by atoms with van der Waals surface area (Å²) in [6.45, 7) is 7.03. The maximum absolute atomic E-state index is 9.69. The normalized spacial score (nSPS) is 23.5. The van der Waals surface area contributed by atoms with E-state index >= 15 is 0 Å². The molecule has 86 valence electrons. The van der Waals surface area contributed by atoms with E-state index in [4.69, 9.17) is 0 Å². The van der Waals surface area contributed by atoms with E-state index in [9.17, 15) is 5.11 Å². The van der Waals surface area contributed by atoms with Crippen LogP contribution in [0.15, 0.2) is 4.99 Å². The lowest BCUT2D eigenvalue weighted by Crippen LogP contribution is -2.54. The number of aliphatic hydroxyl groups excluding tert-OH is 1. The third kappa shape index (κ3) is 2.43. The molecule has 2 heterocycles. The van der Waals surface area contributed by atoms with Crippen LogP contribution in [-0.2, 0) is 0 Å². The molecule has 1 saturated heterocycles. The minimum atomic E-state index is -0.213. The van der Waals surface area contributed by atoms with Gasteiger partial charge in [-0.15, -0.1) is 0 Å². The molecule has 0 aromatic carbocycles. The molecule has 0 aliphatic carbocycles. The summed E-state index contributed by atoms with van der Waals surface area (Å²) < 4.78 is 0. The first-order valence-corrected chi connectivity index (χ1v) is 6.03. The average Bonchev–Trinajstić information content (AvgIpc) is 2.29. The van der Waals surface area contributed by atoms with Gasteiger partial charge in [-0.2, -0.15) is 0 Å². The van der Waals surface area contributed by atoms with Crippen LogP contribution in [0.1, 0.15) is 26.2 Å². The van der Waals surface area contributed by atoms with E-state index < -0.39 is 0 Å². The second-order valence-corrected chi connectivity index (χ2v) is 4.38. The van der Waals surface area contributed by atoms with E-state index in [2.05, 4.69) is 14.8 Å². The van der Waals surface area contributed by atoms with Crippen LogP contribution in [0.5, 0.6) is 0 Å². The molecule has 0 amide bonds. The molecule has 4 heteroatoms. The van der Waals surface area contributed by atoms with Crippen molar-refractivity contribution in [3.8, 4) is 0 Å². The summed E-state index contributed by atoms with van der Waals surface area (Å²) in [7, 11) is 0. The van der Waals surface area contributed by atoms with Crippen LogP contribution in [0.25, 0.3) is 0 Å². The van der Waals surface area contributed by atoms with Gasteiger partial charge in [-0.25, -0.2) is 0 Å². The Hall–Kier alpha value is -0.770. The van der Waals surface area contributed by atoms with Crippen molar-refractivity contribution in [3.63, 3.8) is 0 Å². The molecule has 0 aromatic heterocycles. The summed E-state index contributed by atoms with van der Waals surface area (Å²) in [4.78, 5) is 9.18. The first-order valence-electron chi connectivity index (χ1n) is 6.03. The van der Waals surface area contributed by atoms with Gasteiger partial charge in [0.2, 0.25) is 0 Å². The van der Waals surface area contributed by atoms with E-state index in [-0.39, 0.29) is 6.10 Å². The molecule has 1 fully saturated rings. The Balaban J connectivity index is 2.00. The van der Waals surface area contributed by atoms with Gasteiger partial charge in [0, 0.05) is 32.7 Å². The highest BCUT2D eigenvalue weighted by molar-refractivity contribution is 5.81. The number of aliphatic hydroxyl groups is 1. The van der Waals surface area contributed by atoms with Crippen molar-refractivity contribution in [2.24, 2.45) is 4.99 Å². The van der Waals surface area contributed by atoms with Gasteiger partial charge >= 0.3 is 0 Å². The fourth-order valence-electron chi connectivity index (χ4n) is 2.26. The summed E-state index contributed by atoms with van der Waals surface area (Å²) in [6.07, 6.45) is 2.97. The first-order chi connectivity index (χ1) is 7.31. The predicted octanol–water partition coefficient (Wildman–Crippen LogP) is 0.525. The van der Waals surface area contributed by atoms with Gasteiger partial charge in [-0.3, -0.25) is 4.99 Å². The van der Waals surface area contributed by atoms with Crippen molar-refractivity contribution < 1.29 is 5.11 Å². The quantitative estimate of drug-likeness (QED) is 0.740. The highest BCUT2D eigenvalue weighted by atomic mass is 16.3. The van der Waals surface area contributed by atoms with Crippen LogP contribution < -0.4 is 0 Å². The number of guanidine groups is 1. The Kier molecular flexibility index (Phi) is 3.46. The number of nitrogens with zero attached hydrogens (tertiary/aromatic N) is 3. The summed E-state index contributed by atoms with van der Waals surface area (Å²) in [5, 5.41) is 9.69. The van der Waals surface area contributed by atoms with Gasteiger partial charge < -0.3 is 14.9 Å². The van der Waals surface area contributed by atoms with Crippen LogP contribution in [0, 0.1) is 0 Å². The summed E-state index contributed by atoms with van der Waals surface area (Å²) in [6, 6.07) is 0. The number of fused-ring (bicyclic) bond motifs is 1. The SMILES string of the molecule is CCC(O)CN1CCCN2CCCN=C21. The van der Waals surface area contributed by atoms with Gasteiger partial charge in [-0.1, -0.05) is 6.92 Å². The lowest BCUT2D eigenvalue weighted by atomic mass is 10.2.